The van der Waals surface area contributed by atoms with E-state index < -0.39 is 17.7 Å². The molecule has 0 atom stereocenters. The number of thiazole rings is 1. The van der Waals surface area contributed by atoms with E-state index in [1.54, 1.807) is 16.8 Å². The fourth-order valence-electron chi connectivity index (χ4n) is 3.99. The molecule has 0 spiro atoms. The second-order valence-electron chi connectivity index (χ2n) is 9.70. The molecule has 3 aromatic rings. The molecule has 2 amide bonds. The van der Waals surface area contributed by atoms with Crippen LogP contribution in [-0.2, 0) is 9.47 Å². The minimum atomic E-state index is -0.536. The van der Waals surface area contributed by atoms with Crippen LogP contribution in [0.5, 0.6) is 0 Å². The van der Waals surface area contributed by atoms with Gasteiger partial charge in [-0.1, -0.05) is 12.1 Å². The molecule has 4 rings (SSSR count). The van der Waals surface area contributed by atoms with Crippen molar-refractivity contribution in [1.29, 1.82) is 0 Å². The van der Waals surface area contributed by atoms with E-state index >= 15 is 0 Å². The van der Waals surface area contributed by atoms with Crippen LogP contribution in [0.2, 0.25) is 0 Å². The topological polar surface area (TPSA) is 122 Å². The second-order valence-corrected chi connectivity index (χ2v) is 11.5. The number of hydrogen-bond acceptors (Lipinski definition) is 10. The van der Waals surface area contributed by atoms with Gasteiger partial charge in [0.1, 0.15) is 16.2 Å². The maximum Gasteiger partial charge on any atom is 0.407 e. The maximum atomic E-state index is 13.0. The molecule has 1 saturated heterocycles. The van der Waals surface area contributed by atoms with Gasteiger partial charge in [-0.05, 0) is 57.2 Å². The average molecular weight is 558 g/mol. The zero-order valence-corrected chi connectivity index (χ0v) is 23.3. The summed E-state index contributed by atoms with van der Waals surface area (Å²) in [5.74, 6) is -0.764. The first-order chi connectivity index (χ1) is 18.1. The largest absolute Gasteiger partial charge is 0.465 e. The smallest absolute Gasteiger partial charge is 0.407 e. The third kappa shape index (κ3) is 7.01. The highest BCUT2D eigenvalue weighted by molar-refractivity contribution is 7.14. The van der Waals surface area contributed by atoms with E-state index in [9.17, 15) is 14.4 Å². The Morgan fingerprint density at radius 3 is 2.50 bits per heavy atom. The van der Waals surface area contributed by atoms with Crippen LogP contribution >= 0.6 is 22.7 Å². The van der Waals surface area contributed by atoms with E-state index in [4.69, 9.17) is 9.47 Å². The van der Waals surface area contributed by atoms with Gasteiger partial charge in [-0.3, -0.25) is 4.79 Å². The van der Waals surface area contributed by atoms with Gasteiger partial charge in [-0.25, -0.2) is 14.6 Å². The fraction of sp³-hybridized carbons (Fsp3) is 0.385. The monoisotopic (exact) mass is 557 g/mol. The Bertz CT molecular complexity index is 1290. The molecular formula is C26H31N5O5S2. The zero-order chi connectivity index (χ0) is 27.3. The van der Waals surface area contributed by atoms with E-state index in [0.717, 1.165) is 31.6 Å². The molecule has 1 aromatic carbocycles. The average Bonchev–Trinajstić information content (AvgIpc) is 3.53. The van der Waals surface area contributed by atoms with Gasteiger partial charge in [0, 0.05) is 24.5 Å². The third-order valence-corrected chi connectivity index (χ3v) is 7.38. The zero-order valence-electron chi connectivity index (χ0n) is 21.7. The number of hydrogen-bond donors (Lipinski definition) is 3. The second kappa shape index (κ2) is 11.8. The first-order valence-electron chi connectivity index (χ1n) is 12.2. The summed E-state index contributed by atoms with van der Waals surface area (Å²) in [7, 11) is 1.33. The lowest BCUT2D eigenvalue weighted by Gasteiger charge is -2.35. The van der Waals surface area contributed by atoms with Crippen LogP contribution in [0, 0.1) is 0 Å². The summed E-state index contributed by atoms with van der Waals surface area (Å²) in [6, 6.07) is 9.43. The Morgan fingerprint density at radius 1 is 1.05 bits per heavy atom. The molecule has 1 aliphatic heterocycles. The van der Waals surface area contributed by atoms with Crippen LogP contribution in [0.4, 0.5) is 27.0 Å². The molecule has 1 fully saturated rings. The van der Waals surface area contributed by atoms with Crippen molar-refractivity contribution in [2.24, 2.45) is 0 Å². The Labute approximate surface area is 229 Å². The van der Waals surface area contributed by atoms with Crippen LogP contribution in [-0.4, -0.2) is 54.8 Å². The molecule has 38 heavy (non-hydrogen) atoms. The van der Waals surface area contributed by atoms with Gasteiger partial charge >= 0.3 is 12.1 Å². The SMILES string of the molecule is COC(=O)c1sccc1Nc1nc(C(=O)Nc2ccccc2N2CCC(NC(=O)OC(C)(C)C)CC2)cs1. The van der Waals surface area contributed by atoms with Crippen LogP contribution < -0.4 is 20.9 Å². The molecule has 3 heterocycles. The quantitative estimate of drug-likeness (QED) is 0.327. The lowest BCUT2D eigenvalue weighted by Crippen LogP contribution is -2.46. The lowest BCUT2D eigenvalue weighted by molar-refractivity contribution is 0.0496. The van der Waals surface area contributed by atoms with Gasteiger partial charge in [-0.2, -0.15) is 0 Å². The summed E-state index contributed by atoms with van der Waals surface area (Å²) in [5, 5.41) is 13.0. The fourth-order valence-corrected chi connectivity index (χ4v) is 5.46. The molecule has 0 unspecified atom stereocenters. The van der Waals surface area contributed by atoms with Crippen molar-refractivity contribution >= 4 is 62.8 Å². The molecule has 0 radical (unpaired) electrons. The molecule has 0 bridgehead atoms. The number of amides is 2. The van der Waals surface area contributed by atoms with E-state index in [-0.39, 0.29) is 17.6 Å². The van der Waals surface area contributed by atoms with Gasteiger partial charge in [-0.15, -0.1) is 22.7 Å². The number of piperidine rings is 1. The first kappa shape index (κ1) is 27.4. The Hall–Kier alpha value is -3.64. The lowest BCUT2D eigenvalue weighted by atomic mass is 10.0. The summed E-state index contributed by atoms with van der Waals surface area (Å²) >= 11 is 2.53. The molecular weight excluding hydrogens is 526 g/mol. The molecule has 2 aromatic heterocycles. The highest BCUT2D eigenvalue weighted by Gasteiger charge is 2.25. The standard InChI is InChI=1S/C26H31N5O5S2/c1-26(2,3)36-25(34)27-16-9-12-31(13-10-16)20-8-6-5-7-17(20)28-22(32)19-15-38-24(30-19)29-18-11-14-37-21(18)23(33)35-4/h5-8,11,14-16H,9-10,12-13H2,1-4H3,(H,27,34)(H,28,32)(H,29,30). The van der Waals surface area contributed by atoms with Gasteiger partial charge in [0.05, 0.1) is 24.2 Å². The number of alkyl carbamates (subject to hydrolysis) is 1. The van der Waals surface area contributed by atoms with Crippen LogP contribution in [0.1, 0.15) is 53.8 Å². The molecule has 12 heteroatoms. The number of carbonyl (C=O) groups is 3. The molecule has 0 aliphatic carbocycles. The highest BCUT2D eigenvalue weighted by atomic mass is 32.1. The number of thiophene rings is 1. The third-order valence-electron chi connectivity index (χ3n) is 5.72. The Morgan fingerprint density at radius 2 is 1.79 bits per heavy atom. The number of ether oxygens (including phenoxy) is 2. The van der Waals surface area contributed by atoms with Gasteiger partial charge < -0.3 is 30.3 Å². The number of para-hydroxylation sites is 2. The summed E-state index contributed by atoms with van der Waals surface area (Å²) in [6.45, 7) is 6.97. The van der Waals surface area contributed by atoms with E-state index in [2.05, 4.69) is 25.8 Å². The van der Waals surface area contributed by atoms with Crippen LogP contribution in [0.3, 0.4) is 0 Å². The molecule has 1 aliphatic rings. The number of nitrogens with one attached hydrogen (secondary N) is 3. The van der Waals surface area contributed by atoms with Crippen molar-refractivity contribution in [2.45, 2.75) is 45.3 Å². The van der Waals surface area contributed by atoms with E-state index in [0.29, 0.717) is 21.4 Å². The molecule has 202 valence electrons. The number of carbonyl (C=O) groups excluding carboxylic acids is 3. The molecule has 10 nitrogen and oxygen atoms in total. The number of nitrogens with zero attached hydrogens (tertiary/aromatic N) is 2. The van der Waals surface area contributed by atoms with E-state index in [1.807, 2.05) is 45.0 Å². The van der Waals surface area contributed by atoms with Crippen LogP contribution in [0.15, 0.2) is 41.1 Å². The van der Waals surface area contributed by atoms with E-state index in [1.165, 1.54) is 29.8 Å². The predicted octanol–water partition coefficient (Wildman–Crippen LogP) is 5.48. The minimum Gasteiger partial charge on any atom is -0.465 e. The number of benzene rings is 1. The van der Waals surface area contributed by atoms with Crippen molar-refractivity contribution in [3.05, 3.63) is 51.7 Å². The Kier molecular flexibility index (Phi) is 8.52. The molecule has 0 saturated carbocycles. The Balaban J connectivity index is 1.36. The predicted molar refractivity (Wildman–Crippen MR) is 150 cm³/mol. The van der Waals surface area contributed by atoms with Crippen molar-refractivity contribution in [3.8, 4) is 0 Å². The summed E-state index contributed by atoms with van der Waals surface area (Å²) in [6.07, 6.45) is 1.12. The van der Waals surface area contributed by atoms with Crippen LogP contribution in [0.25, 0.3) is 0 Å². The highest BCUT2D eigenvalue weighted by Crippen LogP contribution is 2.31. The number of rotatable bonds is 7. The van der Waals surface area contributed by atoms with Crippen molar-refractivity contribution in [1.82, 2.24) is 10.3 Å². The van der Waals surface area contributed by atoms with Crippen molar-refractivity contribution in [3.63, 3.8) is 0 Å². The molecule has 3 N–H and O–H groups in total. The summed E-state index contributed by atoms with van der Waals surface area (Å²) in [5.41, 5.74) is 1.90. The number of aromatic nitrogens is 1. The van der Waals surface area contributed by atoms with Crippen molar-refractivity contribution in [2.75, 3.05) is 35.7 Å². The van der Waals surface area contributed by atoms with Gasteiger partial charge in [0.15, 0.2) is 5.13 Å². The number of esters is 1. The summed E-state index contributed by atoms with van der Waals surface area (Å²) in [4.78, 5) is 44.1. The normalized spacial score (nSPS) is 14.1. The minimum absolute atomic E-state index is 0.0340. The maximum absolute atomic E-state index is 13.0. The number of anilines is 4. The summed E-state index contributed by atoms with van der Waals surface area (Å²) < 4.78 is 10.2. The van der Waals surface area contributed by atoms with Crippen molar-refractivity contribution < 1.29 is 23.9 Å². The van der Waals surface area contributed by atoms with Gasteiger partial charge in [0.25, 0.3) is 5.91 Å². The number of methoxy groups -OCH3 is 1. The first-order valence-corrected chi connectivity index (χ1v) is 13.9. The van der Waals surface area contributed by atoms with Gasteiger partial charge in [0.2, 0.25) is 0 Å².